The molecule has 0 bridgehead atoms. The third kappa shape index (κ3) is 4.01. The van der Waals surface area contributed by atoms with Crippen molar-refractivity contribution in [3.05, 3.63) is 41.7 Å². The fourth-order valence-electron chi connectivity index (χ4n) is 2.05. The van der Waals surface area contributed by atoms with E-state index in [-0.39, 0.29) is 18.2 Å². The van der Waals surface area contributed by atoms with E-state index in [4.69, 9.17) is 4.74 Å². The van der Waals surface area contributed by atoms with E-state index in [2.05, 4.69) is 22.3 Å². The minimum atomic E-state index is -0.353. The molecule has 0 radical (unpaired) electrons. The molecule has 114 valence electrons. The van der Waals surface area contributed by atoms with Crippen LogP contribution in [0.1, 0.15) is 31.7 Å². The van der Waals surface area contributed by atoms with Crippen LogP contribution >= 0.6 is 0 Å². The molecule has 0 fully saturated rings. The summed E-state index contributed by atoms with van der Waals surface area (Å²) in [6.07, 6.45) is 2.51. The molecule has 0 aliphatic rings. The first-order valence-electron chi connectivity index (χ1n) is 7.23. The normalized spacial score (nSPS) is 10.8. The monoisotopic (exact) mass is 292 g/mol. The van der Waals surface area contributed by atoms with E-state index in [9.17, 15) is 4.39 Å². The van der Waals surface area contributed by atoms with Crippen LogP contribution in [0.5, 0.6) is 5.75 Å². The van der Waals surface area contributed by atoms with Gasteiger partial charge in [0.25, 0.3) is 0 Å². The molecule has 0 aliphatic carbocycles. The number of para-hydroxylation sites is 1. The molecule has 21 heavy (non-hydrogen) atoms. The molecule has 6 heteroatoms. The fraction of sp³-hybridized carbons (Fsp3) is 0.467. The maximum Gasteiger partial charge on any atom is 0.165 e. The molecule has 5 nitrogen and oxygen atoms in total. The van der Waals surface area contributed by atoms with Gasteiger partial charge < -0.3 is 10.1 Å². The number of rotatable bonds is 8. The van der Waals surface area contributed by atoms with Crippen molar-refractivity contribution in [1.82, 2.24) is 20.1 Å². The minimum Gasteiger partial charge on any atom is -0.482 e. The number of benzene rings is 1. The van der Waals surface area contributed by atoms with Crippen LogP contribution in [0, 0.1) is 5.82 Å². The van der Waals surface area contributed by atoms with Gasteiger partial charge >= 0.3 is 0 Å². The highest BCUT2D eigenvalue weighted by atomic mass is 19.1. The maximum absolute atomic E-state index is 14.0. The van der Waals surface area contributed by atoms with Gasteiger partial charge in [-0.15, -0.1) is 0 Å². The molecular weight excluding hydrogens is 271 g/mol. The van der Waals surface area contributed by atoms with Gasteiger partial charge in [-0.05, 0) is 26.0 Å². The lowest BCUT2D eigenvalue weighted by molar-refractivity contribution is 0.270. The predicted molar refractivity (Wildman–Crippen MR) is 78.4 cm³/mol. The van der Waals surface area contributed by atoms with Crippen molar-refractivity contribution < 1.29 is 9.13 Å². The summed E-state index contributed by atoms with van der Waals surface area (Å²) < 4.78 is 21.4. The van der Waals surface area contributed by atoms with Crippen LogP contribution in [0.3, 0.4) is 0 Å². The van der Waals surface area contributed by atoms with Crippen LogP contribution in [-0.2, 0) is 19.7 Å². The topological polar surface area (TPSA) is 52.0 Å². The molecule has 0 amide bonds. The standard InChI is InChI=1S/C15H21FN4O/c1-3-8-17-9-12-6-5-7-13(16)15(12)21-10-14-18-11-19-20(14)4-2/h5-7,11,17H,3-4,8-10H2,1-2H3. The van der Waals surface area contributed by atoms with Gasteiger partial charge in [0.2, 0.25) is 0 Å². The summed E-state index contributed by atoms with van der Waals surface area (Å²) in [5, 5.41) is 7.33. The summed E-state index contributed by atoms with van der Waals surface area (Å²) in [5.41, 5.74) is 0.811. The summed E-state index contributed by atoms with van der Waals surface area (Å²) in [6.45, 7) is 6.45. The van der Waals surface area contributed by atoms with Crippen LogP contribution < -0.4 is 10.1 Å². The molecule has 0 unspecified atom stereocenters. The third-order valence-corrected chi connectivity index (χ3v) is 3.13. The average Bonchev–Trinajstić information content (AvgIpc) is 2.94. The molecule has 0 saturated carbocycles. The van der Waals surface area contributed by atoms with Gasteiger partial charge in [0.15, 0.2) is 17.4 Å². The predicted octanol–water partition coefficient (Wildman–Crippen LogP) is 2.52. The lowest BCUT2D eigenvalue weighted by Gasteiger charge is -2.13. The van der Waals surface area contributed by atoms with Crippen LogP contribution in [0.15, 0.2) is 24.5 Å². The minimum absolute atomic E-state index is 0.204. The lowest BCUT2D eigenvalue weighted by atomic mass is 10.2. The number of aromatic nitrogens is 3. The number of ether oxygens (including phenoxy) is 1. The zero-order valence-electron chi connectivity index (χ0n) is 12.5. The van der Waals surface area contributed by atoms with Crippen molar-refractivity contribution in [3.8, 4) is 5.75 Å². The second-order valence-electron chi connectivity index (χ2n) is 4.69. The number of nitrogens with one attached hydrogen (secondary N) is 1. The van der Waals surface area contributed by atoms with E-state index in [1.54, 1.807) is 10.7 Å². The van der Waals surface area contributed by atoms with E-state index in [1.165, 1.54) is 12.4 Å². The SMILES string of the molecule is CCCNCc1cccc(F)c1OCc1ncnn1CC. The van der Waals surface area contributed by atoms with Crippen molar-refractivity contribution in [3.63, 3.8) is 0 Å². The Morgan fingerprint density at radius 2 is 2.19 bits per heavy atom. The Kier molecular flexibility index (Phi) is 5.68. The van der Waals surface area contributed by atoms with E-state index >= 15 is 0 Å². The average molecular weight is 292 g/mol. The Hall–Kier alpha value is -1.95. The van der Waals surface area contributed by atoms with Gasteiger partial charge in [0.1, 0.15) is 12.9 Å². The zero-order valence-corrected chi connectivity index (χ0v) is 12.5. The van der Waals surface area contributed by atoms with Crippen LogP contribution in [0.25, 0.3) is 0 Å². The van der Waals surface area contributed by atoms with Crippen molar-refractivity contribution in [2.24, 2.45) is 0 Å². The highest BCUT2D eigenvalue weighted by Crippen LogP contribution is 2.23. The van der Waals surface area contributed by atoms with Gasteiger partial charge in [0, 0.05) is 18.7 Å². The molecule has 0 saturated heterocycles. The van der Waals surface area contributed by atoms with Gasteiger partial charge in [-0.2, -0.15) is 5.10 Å². The van der Waals surface area contributed by atoms with E-state index in [0.717, 1.165) is 18.5 Å². The highest BCUT2D eigenvalue weighted by molar-refractivity contribution is 5.35. The molecule has 0 spiro atoms. The van der Waals surface area contributed by atoms with E-state index < -0.39 is 0 Å². The second kappa shape index (κ2) is 7.73. The van der Waals surface area contributed by atoms with Gasteiger partial charge in [0.05, 0.1) is 0 Å². The Morgan fingerprint density at radius 3 is 2.95 bits per heavy atom. The highest BCUT2D eigenvalue weighted by Gasteiger charge is 2.11. The van der Waals surface area contributed by atoms with Crippen molar-refractivity contribution in [1.29, 1.82) is 0 Å². The molecule has 1 N–H and O–H groups in total. The largest absolute Gasteiger partial charge is 0.482 e. The number of nitrogens with zero attached hydrogens (tertiary/aromatic N) is 3. The molecule has 2 rings (SSSR count). The van der Waals surface area contributed by atoms with Crippen LogP contribution in [0.2, 0.25) is 0 Å². The molecule has 1 heterocycles. The van der Waals surface area contributed by atoms with Crippen LogP contribution in [0.4, 0.5) is 4.39 Å². The molecule has 0 atom stereocenters. The summed E-state index contributed by atoms with van der Waals surface area (Å²) in [5.74, 6) is 0.619. The Bertz CT molecular complexity index is 571. The molecule has 1 aromatic heterocycles. The van der Waals surface area contributed by atoms with Gasteiger partial charge in [-0.1, -0.05) is 19.1 Å². The lowest BCUT2D eigenvalue weighted by Crippen LogP contribution is -2.15. The van der Waals surface area contributed by atoms with Crippen LogP contribution in [-0.4, -0.2) is 21.3 Å². The summed E-state index contributed by atoms with van der Waals surface area (Å²) >= 11 is 0. The Balaban J connectivity index is 2.07. The summed E-state index contributed by atoms with van der Waals surface area (Å²) in [4.78, 5) is 4.13. The van der Waals surface area contributed by atoms with Gasteiger partial charge in [-0.3, -0.25) is 0 Å². The first kappa shape index (κ1) is 15.4. The number of halogens is 1. The fourth-order valence-corrected chi connectivity index (χ4v) is 2.05. The first-order chi connectivity index (χ1) is 10.3. The Labute approximate surface area is 124 Å². The summed E-state index contributed by atoms with van der Waals surface area (Å²) in [6, 6.07) is 4.97. The molecule has 2 aromatic rings. The van der Waals surface area contributed by atoms with Crippen molar-refractivity contribution >= 4 is 0 Å². The maximum atomic E-state index is 14.0. The summed E-state index contributed by atoms with van der Waals surface area (Å²) in [7, 11) is 0. The number of hydrogen-bond acceptors (Lipinski definition) is 4. The van der Waals surface area contributed by atoms with Crippen molar-refractivity contribution in [2.45, 2.75) is 40.0 Å². The van der Waals surface area contributed by atoms with Crippen molar-refractivity contribution in [2.75, 3.05) is 6.54 Å². The Morgan fingerprint density at radius 1 is 1.33 bits per heavy atom. The van der Waals surface area contributed by atoms with E-state index in [1.807, 2.05) is 13.0 Å². The molecule has 0 aliphatic heterocycles. The second-order valence-corrected chi connectivity index (χ2v) is 4.69. The smallest absolute Gasteiger partial charge is 0.165 e. The number of aryl methyl sites for hydroxylation is 1. The zero-order chi connectivity index (χ0) is 15.1. The molecule has 1 aromatic carbocycles. The number of hydrogen-bond donors (Lipinski definition) is 1. The quantitative estimate of drug-likeness (QED) is 0.760. The molecular formula is C15H21FN4O. The first-order valence-corrected chi connectivity index (χ1v) is 7.23. The third-order valence-electron chi connectivity index (χ3n) is 3.13. The van der Waals surface area contributed by atoms with Gasteiger partial charge in [-0.25, -0.2) is 14.1 Å². The van der Waals surface area contributed by atoms with E-state index in [0.29, 0.717) is 18.9 Å².